The molecule has 4 rings (SSSR count). The van der Waals surface area contributed by atoms with E-state index in [1.165, 1.54) is 22.9 Å². The highest BCUT2D eigenvalue weighted by Gasteiger charge is 2.20. The Hall–Kier alpha value is -4.25. The smallest absolute Gasteiger partial charge is 0.263 e. The lowest BCUT2D eigenvalue weighted by atomic mass is 9.96. The molecule has 3 aromatic heterocycles. The van der Waals surface area contributed by atoms with Gasteiger partial charge in [-0.05, 0) is 48.4 Å². The monoisotopic (exact) mass is 400 g/mol. The third-order valence-electron chi connectivity index (χ3n) is 4.84. The first-order chi connectivity index (χ1) is 14.5. The van der Waals surface area contributed by atoms with Gasteiger partial charge in [0.1, 0.15) is 35.4 Å². The van der Waals surface area contributed by atoms with Crippen molar-refractivity contribution in [1.82, 2.24) is 14.4 Å². The van der Waals surface area contributed by atoms with Crippen LogP contribution in [0.25, 0.3) is 16.6 Å². The molecule has 0 saturated carbocycles. The van der Waals surface area contributed by atoms with Gasteiger partial charge in [0, 0.05) is 11.7 Å². The number of fused-ring (bicyclic) bond motifs is 1. The van der Waals surface area contributed by atoms with Crippen LogP contribution in [0.3, 0.4) is 0 Å². The molecule has 4 aromatic rings. The van der Waals surface area contributed by atoms with Gasteiger partial charge in [0.25, 0.3) is 5.56 Å². The first-order valence-electron chi connectivity index (χ1n) is 9.17. The molecule has 0 fully saturated rings. The average molecular weight is 400 g/mol. The summed E-state index contributed by atoms with van der Waals surface area (Å²) < 4.78 is 15.4. The van der Waals surface area contributed by atoms with Gasteiger partial charge in [-0.15, -0.1) is 0 Å². The number of nitrogens with zero attached hydrogens (tertiary/aromatic N) is 4. The van der Waals surface area contributed by atoms with Crippen LogP contribution in [-0.2, 0) is 0 Å². The number of nitrogens with two attached hydrogens (primary N) is 1. The van der Waals surface area contributed by atoms with Crippen molar-refractivity contribution in [1.29, 1.82) is 5.26 Å². The second-order valence-electron chi connectivity index (χ2n) is 6.75. The van der Waals surface area contributed by atoms with E-state index in [9.17, 15) is 14.4 Å². The highest BCUT2D eigenvalue weighted by Crippen LogP contribution is 2.30. The predicted molar refractivity (Wildman–Crippen MR) is 112 cm³/mol. The van der Waals surface area contributed by atoms with Gasteiger partial charge in [-0.2, -0.15) is 5.26 Å². The molecule has 3 heterocycles. The van der Waals surface area contributed by atoms with E-state index in [0.717, 1.165) is 0 Å². The maximum Gasteiger partial charge on any atom is 0.263 e. The Morgan fingerprint density at radius 2 is 2.03 bits per heavy atom. The number of benzene rings is 1. The lowest BCUT2D eigenvalue weighted by Gasteiger charge is -2.20. The Kier molecular flexibility index (Phi) is 4.86. The van der Waals surface area contributed by atoms with Crippen LogP contribution in [0.4, 0.5) is 16.0 Å². The zero-order chi connectivity index (χ0) is 21.3. The summed E-state index contributed by atoms with van der Waals surface area (Å²) in [6.45, 7) is 1.83. The minimum atomic E-state index is -0.442. The molecule has 0 aliphatic rings. The number of hydrogen-bond donors (Lipinski definition) is 2. The molecule has 0 spiro atoms. The lowest BCUT2D eigenvalue weighted by Crippen LogP contribution is -2.21. The minimum Gasteiger partial charge on any atom is -0.382 e. The van der Waals surface area contributed by atoms with Crippen LogP contribution in [0.2, 0.25) is 0 Å². The molecule has 3 N–H and O–H groups in total. The fraction of sp³-hybridized carbons (Fsp3) is 0.0909. The van der Waals surface area contributed by atoms with Crippen molar-refractivity contribution in [3.8, 4) is 17.2 Å². The second kappa shape index (κ2) is 7.64. The van der Waals surface area contributed by atoms with Crippen molar-refractivity contribution < 1.29 is 4.39 Å². The average Bonchev–Trinajstić information content (AvgIpc) is 2.74. The van der Waals surface area contributed by atoms with Gasteiger partial charge in [0.2, 0.25) is 0 Å². The topological polar surface area (TPSA) is 109 Å². The number of anilines is 2. The summed E-state index contributed by atoms with van der Waals surface area (Å²) >= 11 is 0. The van der Waals surface area contributed by atoms with Crippen LogP contribution in [-0.4, -0.2) is 14.4 Å². The van der Waals surface area contributed by atoms with E-state index in [1.807, 2.05) is 31.2 Å². The number of nitrogen functional groups attached to an aromatic ring is 1. The van der Waals surface area contributed by atoms with Crippen LogP contribution in [0.5, 0.6) is 0 Å². The molecule has 1 unspecified atom stereocenters. The summed E-state index contributed by atoms with van der Waals surface area (Å²) in [6, 6.07) is 14.7. The summed E-state index contributed by atoms with van der Waals surface area (Å²) in [6.07, 6.45) is 2.93. The van der Waals surface area contributed by atoms with Gasteiger partial charge in [-0.25, -0.2) is 14.4 Å². The quantitative estimate of drug-likeness (QED) is 0.542. The molecule has 0 aliphatic heterocycles. The van der Waals surface area contributed by atoms with Crippen molar-refractivity contribution in [2.75, 3.05) is 11.1 Å². The predicted octanol–water partition coefficient (Wildman–Crippen LogP) is 3.52. The van der Waals surface area contributed by atoms with Crippen LogP contribution in [0.15, 0.2) is 65.8 Å². The van der Waals surface area contributed by atoms with Gasteiger partial charge in [-0.3, -0.25) is 9.20 Å². The van der Waals surface area contributed by atoms with E-state index >= 15 is 0 Å². The lowest BCUT2D eigenvalue weighted by molar-refractivity contribution is 0.628. The standard InChI is InChI=1S/C22H17FN6O/c1-13(28-21-18(11-24)20(25)26-12-27-21)17-10-16-7-2-3-8-29(16)22(30)19(17)14-5-4-6-15(23)9-14/h2-10,12-13H,1H3,(H3,25,26,27,28). The van der Waals surface area contributed by atoms with E-state index in [0.29, 0.717) is 22.2 Å². The summed E-state index contributed by atoms with van der Waals surface area (Å²) in [4.78, 5) is 21.2. The number of hydrogen-bond acceptors (Lipinski definition) is 6. The third-order valence-corrected chi connectivity index (χ3v) is 4.84. The molecule has 0 bridgehead atoms. The minimum absolute atomic E-state index is 0.0612. The normalized spacial score (nSPS) is 11.8. The van der Waals surface area contributed by atoms with Crippen molar-refractivity contribution in [3.63, 3.8) is 0 Å². The number of nitriles is 1. The van der Waals surface area contributed by atoms with Crippen LogP contribution in [0, 0.1) is 17.1 Å². The first kappa shape index (κ1) is 19.1. The Morgan fingerprint density at radius 1 is 1.20 bits per heavy atom. The van der Waals surface area contributed by atoms with Crippen LogP contribution < -0.4 is 16.6 Å². The summed E-state index contributed by atoms with van der Waals surface area (Å²) in [5.41, 5.74) is 7.77. The molecule has 0 aliphatic carbocycles. The number of halogens is 1. The molecule has 7 nitrogen and oxygen atoms in total. The van der Waals surface area contributed by atoms with Gasteiger partial charge >= 0.3 is 0 Å². The van der Waals surface area contributed by atoms with Gasteiger partial charge in [0.15, 0.2) is 0 Å². The van der Waals surface area contributed by atoms with Gasteiger partial charge in [-0.1, -0.05) is 18.2 Å². The van der Waals surface area contributed by atoms with Gasteiger partial charge < -0.3 is 11.1 Å². The molecule has 0 radical (unpaired) electrons. The number of pyridine rings is 2. The highest BCUT2D eigenvalue weighted by molar-refractivity contribution is 5.72. The van der Waals surface area contributed by atoms with Crippen LogP contribution in [0.1, 0.15) is 24.1 Å². The fourth-order valence-corrected chi connectivity index (χ4v) is 3.41. The zero-order valence-electron chi connectivity index (χ0n) is 16.0. The van der Waals surface area contributed by atoms with Crippen molar-refractivity contribution >= 4 is 17.2 Å². The molecular formula is C22H17FN6O. The summed E-state index contributed by atoms with van der Waals surface area (Å²) in [5, 5.41) is 12.5. The Bertz CT molecular complexity index is 1360. The Balaban J connectivity index is 1.92. The number of nitrogens with one attached hydrogen (secondary N) is 1. The molecular weight excluding hydrogens is 383 g/mol. The van der Waals surface area contributed by atoms with Crippen molar-refractivity contribution in [3.05, 3.63) is 88.4 Å². The van der Waals surface area contributed by atoms with Crippen molar-refractivity contribution in [2.45, 2.75) is 13.0 Å². The maximum atomic E-state index is 13.9. The molecule has 0 saturated heterocycles. The Morgan fingerprint density at radius 3 is 2.80 bits per heavy atom. The zero-order valence-corrected chi connectivity index (χ0v) is 16.0. The largest absolute Gasteiger partial charge is 0.382 e. The van der Waals surface area contributed by atoms with Crippen LogP contribution >= 0.6 is 0 Å². The third kappa shape index (κ3) is 3.33. The van der Waals surface area contributed by atoms with E-state index in [1.54, 1.807) is 24.4 Å². The summed E-state index contributed by atoms with van der Waals surface area (Å²) in [7, 11) is 0. The molecule has 8 heteroatoms. The maximum absolute atomic E-state index is 13.9. The molecule has 148 valence electrons. The van der Waals surface area contributed by atoms with E-state index in [4.69, 9.17) is 5.73 Å². The van der Waals surface area contributed by atoms with Crippen molar-refractivity contribution in [2.24, 2.45) is 0 Å². The molecule has 0 amide bonds. The highest BCUT2D eigenvalue weighted by atomic mass is 19.1. The second-order valence-corrected chi connectivity index (χ2v) is 6.75. The molecule has 1 aromatic carbocycles. The first-order valence-corrected chi connectivity index (χ1v) is 9.17. The summed E-state index contributed by atoms with van der Waals surface area (Å²) in [5.74, 6) is -0.117. The fourth-order valence-electron chi connectivity index (χ4n) is 3.41. The Labute approximate surface area is 171 Å². The molecule has 1 atom stereocenters. The number of rotatable bonds is 4. The number of aromatic nitrogens is 3. The SMILES string of the molecule is CC(Nc1ncnc(N)c1C#N)c1cc2ccccn2c(=O)c1-c1cccc(F)c1. The van der Waals surface area contributed by atoms with E-state index in [2.05, 4.69) is 15.3 Å². The molecule has 30 heavy (non-hydrogen) atoms. The van der Waals surface area contributed by atoms with E-state index in [-0.39, 0.29) is 22.8 Å². The van der Waals surface area contributed by atoms with E-state index < -0.39 is 11.9 Å². The van der Waals surface area contributed by atoms with Gasteiger partial charge in [0.05, 0.1) is 11.6 Å².